The van der Waals surface area contributed by atoms with Gasteiger partial charge < -0.3 is 9.80 Å². The fourth-order valence-electron chi connectivity index (χ4n) is 16.6. The molecule has 2 aliphatic carbocycles. The molecule has 2 nitrogen and oxygen atoms in total. The Balaban J connectivity index is 1.01. The molecule has 0 spiro atoms. The van der Waals surface area contributed by atoms with E-state index in [0.29, 0.717) is 0 Å². The van der Waals surface area contributed by atoms with Gasteiger partial charge in [-0.05, 0) is 174 Å². The van der Waals surface area contributed by atoms with Crippen molar-refractivity contribution < 1.29 is 0 Å². The van der Waals surface area contributed by atoms with E-state index in [2.05, 4.69) is 259 Å². The van der Waals surface area contributed by atoms with E-state index in [1.54, 1.807) is 0 Å². The first-order chi connectivity index (χ1) is 35.7. The van der Waals surface area contributed by atoms with Gasteiger partial charge in [0.15, 0.2) is 0 Å². The van der Waals surface area contributed by atoms with E-state index >= 15 is 0 Å². The highest BCUT2D eigenvalue weighted by Gasteiger charge is 2.66. The van der Waals surface area contributed by atoms with Crippen molar-refractivity contribution in [2.45, 2.75) is 129 Å². The number of hydrogen-bond acceptors (Lipinski definition) is 2. The predicted molar refractivity (Wildman–Crippen MR) is 316 cm³/mol. The largest absolute Gasteiger partial charge is 0.334 e. The lowest BCUT2D eigenvalue weighted by molar-refractivity contribution is 0.0607. The summed E-state index contributed by atoms with van der Waals surface area (Å²) < 4.78 is 0. The zero-order valence-corrected chi connectivity index (χ0v) is 45.0. The Morgan fingerprint density at radius 2 is 0.649 bits per heavy atom. The monoisotopic (exact) mass is 965 g/mol. The second-order valence-electron chi connectivity index (χ2n) is 25.1. The quantitative estimate of drug-likeness (QED) is 0.153. The standard InChI is InChI=1S/C72H72N2/c1-67(2,3)71-43-23-21-41-69(71,7)61-47-53(35-39-63(61)73(71)55-29-17-11-18-30-55)51-33-37-57-59(45-51)65(49-25-13-9-14-26-49)58-38-34-52(46-60(58)66(57)50-27-15-10-16-28-50)54-36-40-64-62(48-54)70(8)42-22-24-44-72(70,68(4,5)6)74(64)56-31-19-12-20-32-56/h9-20,25-40,45-48H,21-24,41-44H2,1-8H3. The molecule has 13 rings (SSSR count). The average molecular weight is 965 g/mol. The summed E-state index contributed by atoms with van der Waals surface area (Å²) in [6.07, 6.45) is 9.73. The van der Waals surface area contributed by atoms with Gasteiger partial charge >= 0.3 is 0 Å². The van der Waals surface area contributed by atoms with Crippen molar-refractivity contribution in [3.63, 3.8) is 0 Å². The minimum absolute atomic E-state index is 0.0188. The second kappa shape index (κ2) is 16.8. The molecule has 4 aliphatic rings. The molecule has 0 aromatic heterocycles. The summed E-state index contributed by atoms with van der Waals surface area (Å²) in [4.78, 5) is 5.53. The molecule has 0 saturated heterocycles. The highest BCUT2D eigenvalue weighted by atomic mass is 15.3. The zero-order chi connectivity index (χ0) is 50.8. The van der Waals surface area contributed by atoms with Crippen LogP contribution in [0.4, 0.5) is 22.7 Å². The summed E-state index contributed by atoms with van der Waals surface area (Å²) >= 11 is 0. The molecule has 0 bridgehead atoms. The Hall–Kier alpha value is -6.90. The average Bonchev–Trinajstić information content (AvgIpc) is 3.83. The number of benzene rings is 9. The van der Waals surface area contributed by atoms with Gasteiger partial charge in [0.2, 0.25) is 0 Å². The molecule has 9 aromatic rings. The molecule has 0 radical (unpaired) electrons. The van der Waals surface area contributed by atoms with Gasteiger partial charge in [0.25, 0.3) is 0 Å². The van der Waals surface area contributed by atoms with Crippen molar-refractivity contribution in [2.75, 3.05) is 9.80 Å². The van der Waals surface area contributed by atoms with Gasteiger partial charge in [-0.25, -0.2) is 0 Å². The molecule has 4 atom stereocenters. The molecular formula is C72H72N2. The molecule has 9 aromatic carbocycles. The third kappa shape index (κ3) is 6.48. The summed E-state index contributed by atoms with van der Waals surface area (Å²) in [6, 6.07) is 74.5. The van der Waals surface area contributed by atoms with E-state index in [9.17, 15) is 0 Å². The minimum atomic E-state index is -0.0556. The van der Waals surface area contributed by atoms with E-state index in [-0.39, 0.29) is 32.7 Å². The first kappa shape index (κ1) is 46.9. The molecule has 4 unspecified atom stereocenters. The van der Waals surface area contributed by atoms with Crippen LogP contribution in [0.1, 0.15) is 118 Å². The Labute approximate surface area is 441 Å². The van der Waals surface area contributed by atoms with E-state index in [1.807, 2.05) is 0 Å². The predicted octanol–water partition coefficient (Wildman–Crippen LogP) is 20.2. The van der Waals surface area contributed by atoms with Crippen molar-refractivity contribution in [3.05, 3.63) is 205 Å². The van der Waals surface area contributed by atoms with Crippen molar-refractivity contribution in [1.82, 2.24) is 0 Å². The third-order valence-electron chi connectivity index (χ3n) is 19.6. The maximum absolute atomic E-state index is 2.77. The number of nitrogens with zero attached hydrogens (tertiary/aromatic N) is 2. The smallest absolute Gasteiger partial charge is 0.0594 e. The molecule has 74 heavy (non-hydrogen) atoms. The van der Waals surface area contributed by atoms with Gasteiger partial charge in [-0.3, -0.25) is 0 Å². The van der Waals surface area contributed by atoms with Crippen LogP contribution >= 0.6 is 0 Å². The second-order valence-corrected chi connectivity index (χ2v) is 25.1. The topological polar surface area (TPSA) is 6.48 Å². The minimum Gasteiger partial charge on any atom is -0.334 e. The summed E-state index contributed by atoms with van der Waals surface area (Å²) in [5.74, 6) is 0. The molecule has 370 valence electrons. The van der Waals surface area contributed by atoms with Crippen LogP contribution in [0.25, 0.3) is 66.1 Å². The molecular weight excluding hydrogens is 893 g/mol. The van der Waals surface area contributed by atoms with E-state index in [0.717, 1.165) is 0 Å². The number of anilines is 4. The van der Waals surface area contributed by atoms with Crippen LogP contribution in [0.3, 0.4) is 0 Å². The maximum atomic E-state index is 2.77. The zero-order valence-electron chi connectivity index (χ0n) is 45.0. The maximum Gasteiger partial charge on any atom is 0.0594 e. The summed E-state index contributed by atoms with van der Waals surface area (Å²) in [5, 5.41) is 5.13. The van der Waals surface area contributed by atoms with Gasteiger partial charge in [0, 0.05) is 33.6 Å². The van der Waals surface area contributed by atoms with Crippen LogP contribution in [-0.4, -0.2) is 11.1 Å². The first-order valence-corrected chi connectivity index (χ1v) is 27.9. The summed E-state index contributed by atoms with van der Waals surface area (Å²) in [5.41, 5.74) is 18.4. The molecule has 0 N–H and O–H groups in total. The SMILES string of the molecule is CC(C)(C)C12CCCCC1(C)c1cc(-c3ccc4c(-c5ccccc5)c5cc(-c6ccc7c(c6)C6(C)CCCCC6(C(C)(C)C)N7c6ccccc6)ccc5c(-c5ccccc5)c4c3)ccc1N2c1ccccc1. The fraction of sp³-hybridized carbons (Fsp3) is 0.306. The molecule has 0 amide bonds. The Morgan fingerprint density at radius 1 is 0.324 bits per heavy atom. The van der Waals surface area contributed by atoms with Crippen molar-refractivity contribution in [1.29, 1.82) is 0 Å². The molecule has 2 heteroatoms. The van der Waals surface area contributed by atoms with Crippen LogP contribution in [0, 0.1) is 10.8 Å². The van der Waals surface area contributed by atoms with Gasteiger partial charge in [0.05, 0.1) is 11.1 Å². The Kier molecular flexibility index (Phi) is 10.6. The lowest BCUT2D eigenvalue weighted by Gasteiger charge is -2.59. The van der Waals surface area contributed by atoms with Crippen LogP contribution in [0.15, 0.2) is 194 Å². The van der Waals surface area contributed by atoms with Gasteiger partial charge in [-0.1, -0.05) is 215 Å². The molecule has 2 saturated carbocycles. The molecule has 2 fully saturated rings. The summed E-state index contributed by atoms with van der Waals surface area (Å²) in [6.45, 7) is 20.1. The van der Waals surface area contributed by atoms with Crippen molar-refractivity contribution in [3.8, 4) is 44.5 Å². The lowest BCUT2D eigenvalue weighted by atomic mass is 9.52. The number of para-hydroxylation sites is 2. The Morgan fingerprint density at radius 3 is 1.01 bits per heavy atom. The highest BCUT2D eigenvalue weighted by Crippen LogP contribution is 2.68. The number of fused-ring (bicyclic) bond motifs is 8. The Bertz CT molecular complexity index is 3380. The van der Waals surface area contributed by atoms with Gasteiger partial charge in [-0.2, -0.15) is 0 Å². The van der Waals surface area contributed by atoms with Crippen LogP contribution < -0.4 is 9.80 Å². The fourth-order valence-corrected chi connectivity index (χ4v) is 16.6. The normalized spacial score (nSPS) is 23.4. The van der Waals surface area contributed by atoms with E-state index in [1.165, 1.54) is 151 Å². The highest BCUT2D eigenvalue weighted by molar-refractivity contribution is 6.22. The van der Waals surface area contributed by atoms with Crippen LogP contribution in [-0.2, 0) is 10.8 Å². The van der Waals surface area contributed by atoms with E-state index in [4.69, 9.17) is 0 Å². The van der Waals surface area contributed by atoms with Crippen molar-refractivity contribution >= 4 is 44.3 Å². The number of hydrogen-bond donors (Lipinski definition) is 0. The van der Waals surface area contributed by atoms with E-state index < -0.39 is 0 Å². The molecule has 2 aliphatic heterocycles. The first-order valence-electron chi connectivity index (χ1n) is 27.9. The number of rotatable bonds is 6. The van der Waals surface area contributed by atoms with Crippen LogP contribution in [0.5, 0.6) is 0 Å². The van der Waals surface area contributed by atoms with Crippen LogP contribution in [0.2, 0.25) is 0 Å². The van der Waals surface area contributed by atoms with Gasteiger partial charge in [-0.15, -0.1) is 0 Å². The van der Waals surface area contributed by atoms with Crippen molar-refractivity contribution in [2.24, 2.45) is 10.8 Å². The molecule has 2 heterocycles. The third-order valence-corrected chi connectivity index (χ3v) is 19.6. The lowest BCUT2D eigenvalue weighted by Crippen LogP contribution is -2.64. The van der Waals surface area contributed by atoms with Gasteiger partial charge in [0.1, 0.15) is 0 Å². The summed E-state index contributed by atoms with van der Waals surface area (Å²) in [7, 11) is 0.